The van der Waals surface area contributed by atoms with E-state index >= 15 is 0 Å². The number of aliphatic hydroxyl groups is 3. The zero-order valence-electron chi connectivity index (χ0n) is 13.4. The minimum absolute atomic E-state index is 0.124. The predicted molar refractivity (Wildman–Crippen MR) is 82.1 cm³/mol. The van der Waals surface area contributed by atoms with Gasteiger partial charge in [-0.25, -0.2) is 20.1 Å². The molecular weight excluding hydrogens is 336 g/mol. The first-order valence-corrected chi connectivity index (χ1v) is 7.31. The number of rotatable bonds is 5. The lowest BCUT2D eigenvalue weighted by molar-refractivity contribution is -0.100. The molecule has 2 aromatic heterocycles. The Hall–Kier alpha value is -2.38. The second-order valence-electron chi connectivity index (χ2n) is 5.76. The van der Waals surface area contributed by atoms with Crippen molar-refractivity contribution in [3.8, 4) is 0 Å². The van der Waals surface area contributed by atoms with Crippen molar-refractivity contribution in [1.29, 1.82) is 0 Å². The number of fused-ring (bicyclic) bond motifs is 1. The average molecular weight is 354 g/mol. The van der Waals surface area contributed by atoms with E-state index in [0.29, 0.717) is 0 Å². The van der Waals surface area contributed by atoms with Crippen molar-refractivity contribution in [2.75, 3.05) is 19.2 Å². The number of anilines is 1. The van der Waals surface area contributed by atoms with Gasteiger partial charge in [0.2, 0.25) is 0 Å². The highest BCUT2D eigenvalue weighted by atomic mass is 16.6. The van der Waals surface area contributed by atoms with Crippen LogP contribution in [0.15, 0.2) is 6.33 Å². The SMILES string of the molecule is CONc1ncnc2c1c(C(N)=O)nn2C1O[C@H](CO)[C@@H](O)[C@@]1(C)O. The molecule has 0 aliphatic carbocycles. The van der Waals surface area contributed by atoms with Gasteiger partial charge in [-0.05, 0) is 6.92 Å². The maximum atomic E-state index is 11.8. The fourth-order valence-corrected chi connectivity index (χ4v) is 2.83. The van der Waals surface area contributed by atoms with E-state index in [1.165, 1.54) is 20.4 Å². The number of nitrogens with one attached hydrogen (secondary N) is 1. The molecule has 3 heterocycles. The maximum Gasteiger partial charge on any atom is 0.270 e. The number of aromatic nitrogens is 4. The third-order valence-corrected chi connectivity index (χ3v) is 4.08. The van der Waals surface area contributed by atoms with Gasteiger partial charge in [0.15, 0.2) is 23.4 Å². The minimum Gasteiger partial charge on any atom is -0.394 e. The summed E-state index contributed by atoms with van der Waals surface area (Å²) in [5, 5.41) is 34.3. The monoisotopic (exact) mass is 354 g/mol. The molecule has 12 heteroatoms. The van der Waals surface area contributed by atoms with Crippen LogP contribution in [0.3, 0.4) is 0 Å². The van der Waals surface area contributed by atoms with Crippen LogP contribution in [0.5, 0.6) is 0 Å². The number of carbonyl (C=O) groups excluding carboxylic acids is 1. The molecule has 4 atom stereocenters. The van der Waals surface area contributed by atoms with E-state index in [2.05, 4.69) is 20.5 Å². The second-order valence-corrected chi connectivity index (χ2v) is 5.76. The van der Waals surface area contributed by atoms with Gasteiger partial charge in [-0.3, -0.25) is 9.63 Å². The van der Waals surface area contributed by atoms with E-state index in [-0.39, 0.29) is 22.5 Å². The van der Waals surface area contributed by atoms with Gasteiger partial charge >= 0.3 is 0 Å². The topological polar surface area (TPSA) is 178 Å². The Morgan fingerprint density at radius 3 is 2.84 bits per heavy atom. The molecule has 0 saturated carbocycles. The van der Waals surface area contributed by atoms with E-state index in [4.69, 9.17) is 15.3 Å². The lowest BCUT2D eigenvalue weighted by Gasteiger charge is -2.26. The van der Waals surface area contributed by atoms with Crippen LogP contribution in [-0.2, 0) is 9.57 Å². The first-order valence-electron chi connectivity index (χ1n) is 7.31. The molecular formula is C13H18N6O6. The summed E-state index contributed by atoms with van der Waals surface area (Å²) >= 11 is 0. The number of carbonyl (C=O) groups is 1. The summed E-state index contributed by atoms with van der Waals surface area (Å²) in [6.45, 7) is 0.812. The normalized spacial score (nSPS) is 29.2. The molecule has 1 saturated heterocycles. The van der Waals surface area contributed by atoms with Crippen LogP contribution in [0.4, 0.5) is 5.82 Å². The summed E-state index contributed by atoms with van der Waals surface area (Å²) in [6.07, 6.45) is -2.44. The average Bonchev–Trinajstić information content (AvgIpc) is 3.05. The molecule has 3 rings (SSSR count). The number of nitrogens with zero attached hydrogens (tertiary/aromatic N) is 4. The van der Waals surface area contributed by atoms with Crippen LogP contribution < -0.4 is 11.2 Å². The van der Waals surface area contributed by atoms with Crippen LogP contribution in [0.25, 0.3) is 11.0 Å². The molecule has 0 spiro atoms. The molecule has 1 unspecified atom stereocenters. The van der Waals surface area contributed by atoms with Crippen LogP contribution in [-0.4, -0.2) is 72.5 Å². The molecule has 1 aliphatic rings. The number of ether oxygens (including phenoxy) is 1. The molecule has 12 nitrogen and oxygen atoms in total. The molecule has 1 aliphatic heterocycles. The number of hydrogen-bond donors (Lipinski definition) is 5. The lowest BCUT2D eigenvalue weighted by atomic mass is 9.97. The van der Waals surface area contributed by atoms with Crippen molar-refractivity contribution in [2.24, 2.45) is 5.73 Å². The van der Waals surface area contributed by atoms with Gasteiger partial charge in [-0.1, -0.05) is 0 Å². The fourth-order valence-electron chi connectivity index (χ4n) is 2.83. The van der Waals surface area contributed by atoms with Gasteiger partial charge in [-0.2, -0.15) is 5.10 Å². The van der Waals surface area contributed by atoms with E-state index in [1.54, 1.807) is 0 Å². The Balaban J connectivity index is 2.21. The van der Waals surface area contributed by atoms with Gasteiger partial charge in [0.05, 0.1) is 19.1 Å². The maximum absolute atomic E-state index is 11.8. The first-order chi connectivity index (χ1) is 11.8. The van der Waals surface area contributed by atoms with Gasteiger partial charge < -0.3 is 25.8 Å². The van der Waals surface area contributed by atoms with Gasteiger partial charge in [0.1, 0.15) is 24.1 Å². The standard InChI is InChI=1S/C13H18N6O6/c1-13(23)8(21)5(3-20)25-12(13)19-11-6(7(17-19)9(14)22)10(18-24-2)15-4-16-11/h4-5,8,12,20-21,23H,3H2,1-2H3,(H2,14,22)(H,15,16,18)/t5-,8-,12?,13-/m1/s1. The quantitative estimate of drug-likeness (QED) is 0.373. The third kappa shape index (κ3) is 2.60. The van der Waals surface area contributed by atoms with E-state index < -0.39 is 36.6 Å². The molecule has 0 bridgehead atoms. The van der Waals surface area contributed by atoms with Crippen molar-refractivity contribution in [2.45, 2.75) is 31.0 Å². The summed E-state index contributed by atoms with van der Waals surface area (Å²) in [7, 11) is 1.36. The lowest BCUT2D eigenvalue weighted by Crippen LogP contribution is -2.44. The van der Waals surface area contributed by atoms with E-state index in [9.17, 15) is 20.1 Å². The molecule has 6 N–H and O–H groups in total. The van der Waals surface area contributed by atoms with Crippen molar-refractivity contribution < 1.29 is 29.7 Å². The Kier molecular flexibility index (Phi) is 4.30. The largest absolute Gasteiger partial charge is 0.394 e. The zero-order chi connectivity index (χ0) is 18.4. The number of amides is 1. The fraction of sp³-hybridized carbons (Fsp3) is 0.538. The van der Waals surface area contributed by atoms with Crippen LogP contribution in [0.2, 0.25) is 0 Å². The van der Waals surface area contributed by atoms with E-state index in [0.717, 1.165) is 4.68 Å². The van der Waals surface area contributed by atoms with Crippen LogP contribution in [0, 0.1) is 0 Å². The van der Waals surface area contributed by atoms with Crippen molar-refractivity contribution in [3.05, 3.63) is 12.0 Å². The number of aliphatic hydroxyl groups excluding tert-OH is 2. The summed E-state index contributed by atoms with van der Waals surface area (Å²) < 4.78 is 6.63. The summed E-state index contributed by atoms with van der Waals surface area (Å²) in [4.78, 5) is 24.6. The van der Waals surface area contributed by atoms with Crippen molar-refractivity contribution in [3.63, 3.8) is 0 Å². The second kappa shape index (κ2) is 6.16. The number of hydrogen-bond acceptors (Lipinski definition) is 10. The van der Waals surface area contributed by atoms with Gasteiger partial charge in [0, 0.05) is 0 Å². The van der Waals surface area contributed by atoms with Gasteiger partial charge in [0.25, 0.3) is 5.91 Å². The summed E-state index contributed by atoms with van der Waals surface area (Å²) in [6, 6.07) is 0. The molecule has 25 heavy (non-hydrogen) atoms. The van der Waals surface area contributed by atoms with Crippen LogP contribution in [0.1, 0.15) is 23.6 Å². The molecule has 2 aromatic rings. The first kappa shape index (κ1) is 17.4. The van der Waals surface area contributed by atoms with E-state index in [1.807, 2.05) is 0 Å². The summed E-state index contributed by atoms with van der Waals surface area (Å²) in [5.41, 5.74) is 6.02. The minimum atomic E-state index is -1.80. The molecule has 0 radical (unpaired) electrons. The highest BCUT2D eigenvalue weighted by molar-refractivity contribution is 6.07. The van der Waals surface area contributed by atoms with Crippen LogP contribution >= 0.6 is 0 Å². The van der Waals surface area contributed by atoms with Crippen molar-refractivity contribution >= 4 is 22.8 Å². The molecule has 0 aromatic carbocycles. The number of nitrogens with two attached hydrogens (primary N) is 1. The highest BCUT2D eigenvalue weighted by Gasteiger charge is 2.54. The highest BCUT2D eigenvalue weighted by Crippen LogP contribution is 2.39. The summed E-state index contributed by atoms with van der Waals surface area (Å²) in [5.74, 6) is -0.709. The third-order valence-electron chi connectivity index (χ3n) is 4.08. The Morgan fingerprint density at radius 2 is 2.28 bits per heavy atom. The zero-order valence-corrected chi connectivity index (χ0v) is 13.4. The van der Waals surface area contributed by atoms with Gasteiger partial charge in [-0.15, -0.1) is 0 Å². The molecule has 1 amide bonds. The predicted octanol–water partition coefficient (Wildman–Crippen LogP) is -2.10. The molecule has 136 valence electrons. The Labute approximate surface area is 141 Å². The smallest absolute Gasteiger partial charge is 0.270 e. The Morgan fingerprint density at radius 1 is 1.56 bits per heavy atom. The van der Waals surface area contributed by atoms with Crippen molar-refractivity contribution in [1.82, 2.24) is 19.7 Å². The molecule has 1 fully saturated rings. The Bertz CT molecular complexity index is 808. The number of primary amides is 1.